The molecule has 154 valence electrons. The molecule has 0 radical (unpaired) electrons. The van der Waals surface area contributed by atoms with Crippen LogP contribution in [0.5, 0.6) is 17.2 Å². The molecular formula is C22H21N3O4S. The first kappa shape index (κ1) is 19.9. The molecule has 0 saturated carbocycles. The summed E-state index contributed by atoms with van der Waals surface area (Å²) in [7, 11) is 4.77. The molecule has 0 bridgehead atoms. The molecule has 0 amide bonds. The van der Waals surface area contributed by atoms with Gasteiger partial charge in [-0.25, -0.2) is 4.98 Å². The van der Waals surface area contributed by atoms with Crippen molar-refractivity contribution in [2.75, 3.05) is 32.8 Å². The maximum absolute atomic E-state index is 12.7. The third-order valence-electron chi connectivity index (χ3n) is 5.03. The van der Waals surface area contributed by atoms with E-state index in [4.69, 9.17) is 19.6 Å². The molecule has 7 nitrogen and oxygen atoms in total. The Balaban J connectivity index is 1.60. The van der Waals surface area contributed by atoms with Crippen molar-refractivity contribution in [3.8, 4) is 28.5 Å². The average Bonchev–Trinajstić information content (AvgIpc) is 3.37. The highest BCUT2D eigenvalue weighted by Crippen LogP contribution is 2.36. The lowest BCUT2D eigenvalue weighted by Gasteiger charge is -2.18. The van der Waals surface area contributed by atoms with Gasteiger partial charge in [0.25, 0.3) is 0 Å². The lowest BCUT2D eigenvalue weighted by molar-refractivity contribution is -0.116. The molecular weight excluding hydrogens is 402 g/mol. The second-order valence-electron chi connectivity index (χ2n) is 6.71. The first-order valence-corrected chi connectivity index (χ1v) is 10.1. The Hall–Kier alpha value is -3.39. The Morgan fingerprint density at radius 2 is 1.77 bits per heavy atom. The summed E-state index contributed by atoms with van der Waals surface area (Å²) < 4.78 is 15.8. The SMILES string of the molecule is COc1ccc(N2CC(=O)C(c3nc(-c4ccc(OC)c(OC)c4)cs3)C2=N)cc1. The number of carbonyl (C=O) groups excluding carboxylic acids is 1. The third-order valence-corrected chi connectivity index (χ3v) is 5.94. The molecule has 1 aliphatic rings. The zero-order chi connectivity index (χ0) is 21.3. The number of anilines is 1. The van der Waals surface area contributed by atoms with E-state index < -0.39 is 5.92 Å². The van der Waals surface area contributed by atoms with E-state index in [0.717, 1.165) is 22.7 Å². The summed E-state index contributed by atoms with van der Waals surface area (Å²) in [5.41, 5.74) is 2.38. The van der Waals surface area contributed by atoms with Crippen LogP contribution in [-0.2, 0) is 4.79 Å². The van der Waals surface area contributed by atoms with E-state index in [-0.39, 0.29) is 18.2 Å². The molecule has 2 heterocycles. The van der Waals surface area contributed by atoms with Gasteiger partial charge in [0.15, 0.2) is 17.3 Å². The fourth-order valence-electron chi connectivity index (χ4n) is 3.44. The Kier molecular flexibility index (Phi) is 5.41. The fraction of sp³-hybridized carbons (Fsp3) is 0.227. The summed E-state index contributed by atoms with van der Waals surface area (Å²) in [4.78, 5) is 19.1. The van der Waals surface area contributed by atoms with Gasteiger partial charge < -0.3 is 19.1 Å². The van der Waals surface area contributed by atoms with Crippen LogP contribution in [0.2, 0.25) is 0 Å². The first-order valence-electron chi connectivity index (χ1n) is 9.26. The van der Waals surface area contributed by atoms with Gasteiger partial charge in [0.1, 0.15) is 22.5 Å². The zero-order valence-electron chi connectivity index (χ0n) is 16.8. The molecule has 3 aromatic rings. The van der Waals surface area contributed by atoms with Gasteiger partial charge in [-0.2, -0.15) is 0 Å². The highest BCUT2D eigenvalue weighted by Gasteiger charge is 2.39. The van der Waals surface area contributed by atoms with Crippen molar-refractivity contribution in [2.24, 2.45) is 0 Å². The van der Waals surface area contributed by atoms with Gasteiger partial charge in [0.05, 0.1) is 33.6 Å². The molecule has 1 atom stereocenters. The minimum atomic E-state index is -0.661. The summed E-state index contributed by atoms with van der Waals surface area (Å²) in [6.45, 7) is 0.154. The van der Waals surface area contributed by atoms with Gasteiger partial charge in [-0.3, -0.25) is 10.2 Å². The minimum absolute atomic E-state index is 0.0379. The molecule has 0 spiro atoms. The minimum Gasteiger partial charge on any atom is -0.497 e. The van der Waals surface area contributed by atoms with Crippen molar-refractivity contribution in [1.29, 1.82) is 5.41 Å². The molecule has 1 aliphatic heterocycles. The lowest BCUT2D eigenvalue weighted by Crippen LogP contribution is -2.25. The molecule has 1 saturated heterocycles. The number of ether oxygens (including phenoxy) is 3. The number of carbonyl (C=O) groups is 1. The topological polar surface area (TPSA) is 84.7 Å². The summed E-state index contributed by atoms with van der Waals surface area (Å²) in [5.74, 6) is 1.51. The van der Waals surface area contributed by atoms with E-state index in [1.807, 2.05) is 47.8 Å². The standard InChI is InChI=1S/C22H21N3O4S/c1-27-15-7-5-14(6-8-15)25-11-17(26)20(21(25)23)22-24-16(12-30-22)13-4-9-18(28-2)19(10-13)29-3/h4-10,12,20,23H,11H2,1-3H3. The smallest absolute Gasteiger partial charge is 0.170 e. The maximum Gasteiger partial charge on any atom is 0.170 e. The van der Waals surface area contributed by atoms with Crippen molar-refractivity contribution in [1.82, 2.24) is 4.98 Å². The molecule has 8 heteroatoms. The predicted octanol–water partition coefficient (Wildman–Crippen LogP) is 3.99. The molecule has 30 heavy (non-hydrogen) atoms. The number of rotatable bonds is 6. The third kappa shape index (κ3) is 3.50. The first-order chi connectivity index (χ1) is 14.5. The van der Waals surface area contributed by atoms with Crippen LogP contribution in [0.4, 0.5) is 5.69 Å². The quantitative estimate of drug-likeness (QED) is 0.645. The molecule has 1 fully saturated rings. The highest BCUT2D eigenvalue weighted by molar-refractivity contribution is 7.10. The Labute approximate surface area is 178 Å². The van der Waals surface area contributed by atoms with Crippen LogP contribution < -0.4 is 19.1 Å². The lowest BCUT2D eigenvalue weighted by atomic mass is 10.1. The highest BCUT2D eigenvalue weighted by atomic mass is 32.1. The van der Waals surface area contributed by atoms with Gasteiger partial charge in [-0.1, -0.05) is 0 Å². The van der Waals surface area contributed by atoms with Crippen molar-refractivity contribution >= 4 is 28.6 Å². The summed E-state index contributed by atoms with van der Waals surface area (Å²) in [6.07, 6.45) is 0. The summed E-state index contributed by atoms with van der Waals surface area (Å²) >= 11 is 1.38. The van der Waals surface area contributed by atoms with Crippen LogP contribution in [0.3, 0.4) is 0 Å². The van der Waals surface area contributed by atoms with Crippen LogP contribution in [0.15, 0.2) is 47.8 Å². The van der Waals surface area contributed by atoms with Gasteiger partial charge >= 0.3 is 0 Å². The number of hydrogen-bond donors (Lipinski definition) is 1. The number of nitrogens with zero attached hydrogens (tertiary/aromatic N) is 2. The van der Waals surface area contributed by atoms with Crippen LogP contribution in [0.25, 0.3) is 11.3 Å². The van der Waals surface area contributed by atoms with E-state index in [1.165, 1.54) is 11.3 Å². The second kappa shape index (κ2) is 8.16. The number of aromatic nitrogens is 1. The molecule has 4 rings (SSSR count). The molecule has 2 aromatic carbocycles. The predicted molar refractivity (Wildman–Crippen MR) is 116 cm³/mol. The van der Waals surface area contributed by atoms with Gasteiger partial charge in [-0.05, 0) is 42.5 Å². The van der Waals surface area contributed by atoms with Gasteiger partial charge in [0, 0.05) is 16.6 Å². The zero-order valence-corrected chi connectivity index (χ0v) is 17.7. The Morgan fingerprint density at radius 3 is 2.43 bits per heavy atom. The normalized spacial score (nSPS) is 16.1. The van der Waals surface area contributed by atoms with E-state index in [0.29, 0.717) is 16.5 Å². The molecule has 1 unspecified atom stereocenters. The van der Waals surface area contributed by atoms with E-state index >= 15 is 0 Å². The number of ketones is 1. The fourth-order valence-corrected chi connectivity index (χ4v) is 4.39. The number of thiazole rings is 1. The van der Waals surface area contributed by atoms with E-state index in [1.54, 1.807) is 26.2 Å². The Bertz CT molecular complexity index is 1090. The summed E-state index contributed by atoms with van der Waals surface area (Å²) in [6, 6.07) is 12.9. The van der Waals surface area contributed by atoms with Gasteiger partial charge in [-0.15, -0.1) is 11.3 Å². The second-order valence-corrected chi connectivity index (χ2v) is 7.60. The number of amidine groups is 1. The van der Waals surface area contributed by atoms with E-state index in [9.17, 15) is 4.79 Å². The van der Waals surface area contributed by atoms with Crippen molar-refractivity contribution < 1.29 is 19.0 Å². The van der Waals surface area contributed by atoms with Gasteiger partial charge in [0.2, 0.25) is 0 Å². The van der Waals surface area contributed by atoms with E-state index in [2.05, 4.69) is 4.98 Å². The van der Waals surface area contributed by atoms with Crippen LogP contribution in [-0.4, -0.2) is 44.5 Å². The maximum atomic E-state index is 12.7. The average molecular weight is 423 g/mol. The van der Waals surface area contributed by atoms with Crippen LogP contribution in [0, 0.1) is 5.41 Å². The van der Waals surface area contributed by atoms with Crippen LogP contribution in [0.1, 0.15) is 10.9 Å². The monoisotopic (exact) mass is 423 g/mol. The van der Waals surface area contributed by atoms with Crippen LogP contribution >= 0.6 is 11.3 Å². The number of nitrogens with one attached hydrogen (secondary N) is 1. The largest absolute Gasteiger partial charge is 0.497 e. The molecule has 1 N–H and O–H groups in total. The number of Topliss-reactive ketones (excluding diaryl/α,β-unsaturated/α-hetero) is 1. The van der Waals surface area contributed by atoms with Crippen molar-refractivity contribution in [3.05, 3.63) is 52.9 Å². The Morgan fingerprint density at radius 1 is 1.03 bits per heavy atom. The van der Waals surface area contributed by atoms with Crippen molar-refractivity contribution in [3.63, 3.8) is 0 Å². The number of methoxy groups -OCH3 is 3. The summed E-state index contributed by atoms with van der Waals surface area (Å²) in [5, 5.41) is 11.1. The number of hydrogen-bond acceptors (Lipinski definition) is 7. The molecule has 1 aromatic heterocycles. The van der Waals surface area contributed by atoms with Crippen molar-refractivity contribution in [2.45, 2.75) is 5.92 Å². The number of benzene rings is 2. The molecule has 0 aliphatic carbocycles.